The summed E-state index contributed by atoms with van der Waals surface area (Å²) in [7, 11) is 0. The van der Waals surface area contributed by atoms with Crippen LogP contribution in [0.25, 0.3) is 0 Å². The first-order valence-corrected chi connectivity index (χ1v) is 8.43. The van der Waals surface area contributed by atoms with Crippen molar-refractivity contribution in [2.45, 2.75) is 13.8 Å². The van der Waals surface area contributed by atoms with E-state index in [1.807, 2.05) is 31.2 Å². The van der Waals surface area contributed by atoms with Crippen molar-refractivity contribution in [1.82, 2.24) is 5.32 Å². The summed E-state index contributed by atoms with van der Waals surface area (Å²) in [6.45, 7) is 4.72. The average molecular weight is 361 g/mol. The summed E-state index contributed by atoms with van der Waals surface area (Å²) in [6.07, 6.45) is 0. The smallest absolute Gasteiger partial charge is 0.251 e. The van der Waals surface area contributed by atoms with Crippen LogP contribution in [-0.4, -0.2) is 31.5 Å². The van der Waals surface area contributed by atoms with E-state index < -0.39 is 0 Å². The summed E-state index contributed by atoms with van der Waals surface area (Å²) in [4.78, 5) is 25.6. The molecule has 0 saturated heterocycles. The van der Waals surface area contributed by atoms with Crippen molar-refractivity contribution in [3.63, 3.8) is 0 Å². The number of ether oxygens (including phenoxy) is 1. The monoisotopic (exact) mass is 360 g/mol. The second kappa shape index (κ2) is 9.08. The van der Waals surface area contributed by atoms with Gasteiger partial charge in [-0.25, -0.2) is 0 Å². The summed E-state index contributed by atoms with van der Waals surface area (Å²) < 4.78 is 5.40. The van der Waals surface area contributed by atoms with Crippen LogP contribution in [0.15, 0.2) is 48.5 Å². The maximum Gasteiger partial charge on any atom is 0.251 e. The number of amides is 2. The Kier molecular flexibility index (Phi) is 6.83. The van der Waals surface area contributed by atoms with E-state index >= 15 is 0 Å². The number of nitrogens with one attached hydrogen (secondary N) is 1. The van der Waals surface area contributed by atoms with Gasteiger partial charge < -0.3 is 15.0 Å². The Balaban J connectivity index is 1.94. The van der Waals surface area contributed by atoms with Gasteiger partial charge in [-0.2, -0.15) is 0 Å². The standard InChI is InChI=1S/C19H21ClN2O3/c1-3-25-18-10-8-17(9-11-18)22(14(2)23)13-12-21-19(24)15-4-6-16(20)7-5-15/h4-11H,3,12-13H2,1-2H3,(H,21,24). The number of hydrogen-bond donors (Lipinski definition) is 1. The molecule has 0 heterocycles. The lowest BCUT2D eigenvalue weighted by atomic mass is 10.2. The Morgan fingerprint density at radius 2 is 1.72 bits per heavy atom. The van der Waals surface area contributed by atoms with Crippen LogP contribution >= 0.6 is 11.6 Å². The first-order valence-electron chi connectivity index (χ1n) is 8.06. The first kappa shape index (κ1) is 18.8. The van der Waals surface area contributed by atoms with E-state index in [4.69, 9.17) is 16.3 Å². The fraction of sp³-hybridized carbons (Fsp3) is 0.263. The van der Waals surface area contributed by atoms with Crippen molar-refractivity contribution < 1.29 is 14.3 Å². The van der Waals surface area contributed by atoms with E-state index in [1.54, 1.807) is 29.2 Å². The van der Waals surface area contributed by atoms with E-state index in [0.29, 0.717) is 30.3 Å². The number of anilines is 1. The van der Waals surface area contributed by atoms with Crippen LogP contribution in [0.4, 0.5) is 5.69 Å². The number of carbonyl (C=O) groups excluding carboxylic acids is 2. The zero-order valence-corrected chi connectivity index (χ0v) is 15.0. The van der Waals surface area contributed by atoms with Crippen LogP contribution in [0.1, 0.15) is 24.2 Å². The van der Waals surface area contributed by atoms with E-state index in [-0.39, 0.29) is 11.8 Å². The van der Waals surface area contributed by atoms with Gasteiger partial charge in [-0.3, -0.25) is 9.59 Å². The second-order valence-corrected chi connectivity index (χ2v) is 5.80. The number of nitrogens with zero attached hydrogens (tertiary/aromatic N) is 1. The molecule has 0 aliphatic carbocycles. The molecule has 0 bridgehead atoms. The third kappa shape index (κ3) is 5.50. The Bertz CT molecular complexity index is 714. The molecule has 0 spiro atoms. The Hall–Kier alpha value is -2.53. The largest absolute Gasteiger partial charge is 0.494 e. The second-order valence-electron chi connectivity index (χ2n) is 5.36. The zero-order valence-electron chi connectivity index (χ0n) is 14.3. The van der Waals surface area contributed by atoms with E-state index in [0.717, 1.165) is 11.4 Å². The zero-order chi connectivity index (χ0) is 18.2. The molecule has 0 atom stereocenters. The molecule has 2 aromatic carbocycles. The van der Waals surface area contributed by atoms with Crippen molar-refractivity contribution in [3.05, 3.63) is 59.1 Å². The van der Waals surface area contributed by atoms with Crippen LogP contribution in [0.2, 0.25) is 5.02 Å². The predicted octanol–water partition coefficient (Wildman–Crippen LogP) is 3.52. The van der Waals surface area contributed by atoms with Gasteiger partial charge in [0.1, 0.15) is 5.75 Å². The van der Waals surface area contributed by atoms with Gasteiger partial charge in [0, 0.05) is 36.3 Å². The van der Waals surface area contributed by atoms with Crippen molar-refractivity contribution >= 4 is 29.1 Å². The quantitative estimate of drug-likeness (QED) is 0.821. The lowest BCUT2D eigenvalue weighted by Crippen LogP contribution is -2.37. The fourth-order valence-electron chi connectivity index (χ4n) is 2.34. The van der Waals surface area contributed by atoms with Crippen molar-refractivity contribution in [1.29, 1.82) is 0 Å². The molecule has 1 N–H and O–H groups in total. The third-order valence-corrected chi connectivity index (χ3v) is 3.82. The number of carbonyl (C=O) groups is 2. The molecule has 5 nitrogen and oxygen atoms in total. The SMILES string of the molecule is CCOc1ccc(N(CCNC(=O)c2ccc(Cl)cc2)C(C)=O)cc1. The highest BCUT2D eigenvalue weighted by atomic mass is 35.5. The van der Waals surface area contributed by atoms with Crippen molar-refractivity contribution in [2.24, 2.45) is 0 Å². The molecule has 132 valence electrons. The minimum atomic E-state index is -0.202. The summed E-state index contributed by atoms with van der Waals surface area (Å²) in [6, 6.07) is 13.9. The molecule has 0 aliphatic rings. The average Bonchev–Trinajstić information content (AvgIpc) is 2.60. The minimum absolute atomic E-state index is 0.0927. The molecule has 0 radical (unpaired) electrons. The molecule has 2 amide bonds. The maximum atomic E-state index is 12.1. The van der Waals surface area contributed by atoms with Crippen molar-refractivity contribution in [3.8, 4) is 5.75 Å². The molecule has 2 aromatic rings. The molecular formula is C19H21ClN2O3. The maximum absolute atomic E-state index is 12.1. The van der Waals surface area contributed by atoms with Crippen LogP contribution in [0.5, 0.6) is 5.75 Å². The molecule has 0 unspecified atom stereocenters. The van der Waals surface area contributed by atoms with E-state index in [9.17, 15) is 9.59 Å². The van der Waals surface area contributed by atoms with E-state index in [2.05, 4.69) is 5.32 Å². The van der Waals surface area contributed by atoms with Gasteiger partial charge in [-0.1, -0.05) is 11.6 Å². The number of benzene rings is 2. The highest BCUT2D eigenvalue weighted by Gasteiger charge is 2.12. The predicted molar refractivity (Wildman–Crippen MR) is 99.4 cm³/mol. The Morgan fingerprint density at radius 3 is 2.28 bits per heavy atom. The summed E-state index contributed by atoms with van der Waals surface area (Å²) in [5, 5.41) is 3.38. The first-order chi connectivity index (χ1) is 12.0. The van der Waals surface area contributed by atoms with Crippen molar-refractivity contribution in [2.75, 3.05) is 24.6 Å². The van der Waals surface area contributed by atoms with Gasteiger partial charge in [0.2, 0.25) is 5.91 Å². The minimum Gasteiger partial charge on any atom is -0.494 e. The Morgan fingerprint density at radius 1 is 1.08 bits per heavy atom. The van der Waals surface area contributed by atoms with E-state index in [1.165, 1.54) is 6.92 Å². The van der Waals surface area contributed by atoms with Crippen LogP contribution in [-0.2, 0) is 4.79 Å². The van der Waals surface area contributed by atoms with Gasteiger partial charge in [0.05, 0.1) is 6.61 Å². The lowest BCUT2D eigenvalue weighted by molar-refractivity contribution is -0.116. The highest BCUT2D eigenvalue weighted by molar-refractivity contribution is 6.30. The van der Waals surface area contributed by atoms with Gasteiger partial charge in [-0.05, 0) is 55.5 Å². The van der Waals surface area contributed by atoms with Crippen LogP contribution < -0.4 is 15.0 Å². The molecule has 0 aromatic heterocycles. The Labute approximate surface area is 152 Å². The topological polar surface area (TPSA) is 58.6 Å². The third-order valence-electron chi connectivity index (χ3n) is 3.57. The summed E-state index contributed by atoms with van der Waals surface area (Å²) in [5.74, 6) is 0.461. The molecule has 0 fully saturated rings. The fourth-order valence-corrected chi connectivity index (χ4v) is 2.47. The molecule has 2 rings (SSSR count). The molecular weight excluding hydrogens is 340 g/mol. The lowest BCUT2D eigenvalue weighted by Gasteiger charge is -2.21. The molecule has 6 heteroatoms. The normalized spacial score (nSPS) is 10.2. The van der Waals surface area contributed by atoms with Gasteiger partial charge in [0.15, 0.2) is 0 Å². The highest BCUT2D eigenvalue weighted by Crippen LogP contribution is 2.19. The summed E-state index contributed by atoms with van der Waals surface area (Å²) in [5.41, 5.74) is 1.29. The molecule has 25 heavy (non-hydrogen) atoms. The number of rotatable bonds is 7. The van der Waals surface area contributed by atoms with Crippen LogP contribution in [0, 0.1) is 0 Å². The van der Waals surface area contributed by atoms with Gasteiger partial charge >= 0.3 is 0 Å². The number of hydrogen-bond acceptors (Lipinski definition) is 3. The van der Waals surface area contributed by atoms with Gasteiger partial charge in [0.25, 0.3) is 5.91 Å². The molecule has 0 saturated carbocycles. The summed E-state index contributed by atoms with van der Waals surface area (Å²) >= 11 is 5.81. The molecule has 0 aliphatic heterocycles. The van der Waals surface area contributed by atoms with Crippen LogP contribution in [0.3, 0.4) is 0 Å². The number of halogens is 1. The van der Waals surface area contributed by atoms with Gasteiger partial charge in [-0.15, -0.1) is 0 Å².